The minimum Gasteiger partial charge on any atom is -0.0882 e. The first-order valence-corrected chi connectivity index (χ1v) is 3.88. The summed E-state index contributed by atoms with van der Waals surface area (Å²) >= 11 is 0. The normalized spacial score (nSPS) is 19.2. The van der Waals surface area contributed by atoms with Gasteiger partial charge in [-0.25, -0.2) is 0 Å². The zero-order valence-electron chi connectivity index (χ0n) is 6.22. The van der Waals surface area contributed by atoms with Gasteiger partial charge >= 0.3 is 0 Å². The van der Waals surface area contributed by atoms with E-state index in [1.54, 1.807) is 0 Å². The summed E-state index contributed by atoms with van der Waals surface area (Å²) in [5.41, 5.74) is 0. The van der Waals surface area contributed by atoms with Crippen molar-refractivity contribution < 1.29 is 0 Å². The Morgan fingerprint density at radius 2 is 1.90 bits per heavy atom. The van der Waals surface area contributed by atoms with Crippen molar-refractivity contribution in [1.29, 1.82) is 0 Å². The Morgan fingerprint density at radius 1 is 1.00 bits per heavy atom. The van der Waals surface area contributed by atoms with Crippen LogP contribution in [0.15, 0.2) is 30.4 Å². The molecule has 10 heavy (non-hydrogen) atoms. The number of rotatable bonds is 0. The van der Waals surface area contributed by atoms with Gasteiger partial charge in [0.25, 0.3) is 0 Å². The molecule has 0 N–H and O–H groups in total. The number of hydrogen-bond acceptors (Lipinski definition) is 0. The van der Waals surface area contributed by atoms with Crippen LogP contribution in [0.4, 0.5) is 0 Å². The van der Waals surface area contributed by atoms with Crippen LogP contribution in [0.25, 0.3) is 0 Å². The van der Waals surface area contributed by atoms with E-state index in [9.17, 15) is 0 Å². The third-order valence-electron chi connectivity index (χ3n) is 1.49. The molecular formula is C10H13. The van der Waals surface area contributed by atoms with Gasteiger partial charge in [-0.05, 0) is 31.8 Å². The minimum absolute atomic E-state index is 1.03. The molecule has 0 heteroatoms. The molecular weight excluding hydrogens is 120 g/mol. The van der Waals surface area contributed by atoms with Crippen molar-refractivity contribution >= 4 is 0 Å². The molecule has 1 radical (unpaired) electrons. The fraction of sp³-hybridized carbons (Fsp3) is 0.400. The van der Waals surface area contributed by atoms with Gasteiger partial charge in [0.05, 0.1) is 0 Å². The van der Waals surface area contributed by atoms with E-state index < -0.39 is 0 Å². The van der Waals surface area contributed by atoms with Crippen LogP contribution in [-0.4, -0.2) is 0 Å². The molecule has 1 aliphatic rings. The Balaban J connectivity index is 2.38. The molecule has 53 valence electrons. The van der Waals surface area contributed by atoms with Crippen molar-refractivity contribution in [2.45, 2.75) is 25.7 Å². The maximum atomic E-state index is 3.10. The first kappa shape index (κ1) is 7.33. The number of hydrogen-bond donors (Lipinski definition) is 0. The molecule has 0 heterocycles. The Labute approximate surface area is 62.9 Å². The summed E-state index contributed by atoms with van der Waals surface area (Å²) in [5, 5.41) is 0. The standard InChI is InChI=1S/C10H13/c1-2-4-6-8-10-9-7-5-3-1/h1-2,5,9-10H,3-4,6,8H2. The maximum Gasteiger partial charge on any atom is -0.0160 e. The highest BCUT2D eigenvalue weighted by atomic mass is 13.9. The first-order chi connectivity index (χ1) is 5.00. The molecule has 0 aromatic heterocycles. The summed E-state index contributed by atoms with van der Waals surface area (Å²) < 4.78 is 0. The summed E-state index contributed by atoms with van der Waals surface area (Å²) in [6.07, 6.45) is 18.5. The molecule has 0 amide bonds. The van der Waals surface area contributed by atoms with Crippen LogP contribution >= 0.6 is 0 Å². The second-order valence-electron chi connectivity index (χ2n) is 2.41. The molecule has 1 rings (SSSR count). The molecule has 0 aliphatic heterocycles. The average Bonchev–Trinajstić information content (AvgIpc) is 2.01. The third kappa shape index (κ3) is 3.29. The molecule has 0 spiro atoms. The van der Waals surface area contributed by atoms with Crippen LogP contribution in [0.3, 0.4) is 0 Å². The average molecular weight is 133 g/mol. The summed E-state index contributed by atoms with van der Waals surface area (Å²) in [5.74, 6) is 0. The molecule has 0 aromatic rings. The van der Waals surface area contributed by atoms with Crippen LogP contribution in [-0.2, 0) is 0 Å². The van der Waals surface area contributed by atoms with E-state index in [2.05, 4.69) is 30.4 Å². The van der Waals surface area contributed by atoms with Gasteiger partial charge in [0.2, 0.25) is 0 Å². The van der Waals surface area contributed by atoms with Gasteiger partial charge in [-0.3, -0.25) is 0 Å². The highest BCUT2D eigenvalue weighted by molar-refractivity contribution is 5.00. The summed E-state index contributed by atoms with van der Waals surface area (Å²) in [4.78, 5) is 0. The molecule has 0 fully saturated rings. The SMILES string of the molecule is [C]1=CCC=CCCCC=C1. The second kappa shape index (κ2) is 5.04. The fourth-order valence-electron chi connectivity index (χ4n) is 0.923. The van der Waals surface area contributed by atoms with Crippen LogP contribution in [0.5, 0.6) is 0 Å². The molecule has 0 atom stereocenters. The van der Waals surface area contributed by atoms with E-state index in [1.807, 2.05) is 6.08 Å². The third-order valence-corrected chi connectivity index (χ3v) is 1.49. The lowest BCUT2D eigenvalue weighted by Gasteiger charge is -1.90. The van der Waals surface area contributed by atoms with Gasteiger partial charge in [-0.2, -0.15) is 0 Å². The van der Waals surface area contributed by atoms with Crippen molar-refractivity contribution in [3.05, 3.63) is 36.5 Å². The quantitative estimate of drug-likeness (QED) is 0.445. The van der Waals surface area contributed by atoms with Crippen LogP contribution < -0.4 is 0 Å². The lowest BCUT2D eigenvalue weighted by molar-refractivity contribution is 0.864. The van der Waals surface area contributed by atoms with Crippen molar-refractivity contribution in [2.24, 2.45) is 0 Å². The van der Waals surface area contributed by atoms with Crippen LogP contribution in [0, 0.1) is 6.08 Å². The van der Waals surface area contributed by atoms with E-state index in [0.717, 1.165) is 6.42 Å². The Morgan fingerprint density at radius 3 is 2.90 bits per heavy atom. The summed E-state index contributed by atoms with van der Waals surface area (Å²) in [6.45, 7) is 0. The van der Waals surface area contributed by atoms with Gasteiger partial charge in [0.1, 0.15) is 0 Å². The van der Waals surface area contributed by atoms with Gasteiger partial charge in [0.15, 0.2) is 0 Å². The predicted molar refractivity (Wildman–Crippen MR) is 44.6 cm³/mol. The summed E-state index contributed by atoms with van der Waals surface area (Å²) in [7, 11) is 0. The second-order valence-corrected chi connectivity index (χ2v) is 2.41. The van der Waals surface area contributed by atoms with E-state index >= 15 is 0 Å². The van der Waals surface area contributed by atoms with Gasteiger partial charge in [0, 0.05) is 0 Å². The monoisotopic (exact) mass is 133 g/mol. The number of allylic oxidation sites excluding steroid dienone is 6. The smallest absolute Gasteiger partial charge is 0.0160 e. The highest BCUT2D eigenvalue weighted by Crippen LogP contribution is 2.00. The first-order valence-electron chi connectivity index (χ1n) is 3.88. The molecule has 1 aliphatic carbocycles. The molecule has 0 nitrogen and oxygen atoms in total. The zero-order valence-corrected chi connectivity index (χ0v) is 6.22. The van der Waals surface area contributed by atoms with Gasteiger partial charge < -0.3 is 0 Å². The fourth-order valence-corrected chi connectivity index (χ4v) is 0.923. The maximum absolute atomic E-state index is 3.10. The van der Waals surface area contributed by atoms with Gasteiger partial charge in [-0.1, -0.05) is 30.4 Å². The van der Waals surface area contributed by atoms with Crippen molar-refractivity contribution in [1.82, 2.24) is 0 Å². The largest absolute Gasteiger partial charge is 0.0882 e. The molecule has 0 saturated heterocycles. The van der Waals surface area contributed by atoms with Crippen molar-refractivity contribution in [2.75, 3.05) is 0 Å². The van der Waals surface area contributed by atoms with Crippen molar-refractivity contribution in [3.63, 3.8) is 0 Å². The Hall–Kier alpha value is -0.780. The van der Waals surface area contributed by atoms with E-state index in [-0.39, 0.29) is 0 Å². The van der Waals surface area contributed by atoms with E-state index in [1.165, 1.54) is 19.3 Å². The van der Waals surface area contributed by atoms with Crippen LogP contribution in [0.2, 0.25) is 0 Å². The molecule has 0 unspecified atom stereocenters. The Bertz CT molecular complexity index is 149. The highest BCUT2D eigenvalue weighted by Gasteiger charge is 1.81. The van der Waals surface area contributed by atoms with E-state index in [4.69, 9.17) is 0 Å². The molecule has 0 bridgehead atoms. The van der Waals surface area contributed by atoms with Crippen molar-refractivity contribution in [3.8, 4) is 0 Å². The minimum atomic E-state index is 1.03. The van der Waals surface area contributed by atoms with Crippen LogP contribution in [0.1, 0.15) is 25.7 Å². The molecule has 0 aromatic carbocycles. The Kier molecular flexibility index (Phi) is 3.69. The molecule has 0 saturated carbocycles. The summed E-state index contributed by atoms with van der Waals surface area (Å²) in [6, 6.07) is 0. The lowest BCUT2D eigenvalue weighted by atomic mass is 10.2. The van der Waals surface area contributed by atoms with E-state index in [0.29, 0.717) is 0 Å². The van der Waals surface area contributed by atoms with Gasteiger partial charge in [-0.15, -0.1) is 0 Å². The topological polar surface area (TPSA) is 0 Å². The lowest BCUT2D eigenvalue weighted by Crippen LogP contribution is -1.71. The predicted octanol–water partition coefficient (Wildman–Crippen LogP) is 3.03. The zero-order chi connectivity index (χ0) is 7.07.